The molecule has 4 heteroatoms. The van der Waals surface area contributed by atoms with E-state index in [0.29, 0.717) is 16.6 Å². The predicted molar refractivity (Wildman–Crippen MR) is 66.6 cm³/mol. The Morgan fingerprint density at radius 1 is 1.00 bits per heavy atom. The lowest BCUT2D eigenvalue weighted by Crippen LogP contribution is -2.33. The SMILES string of the molecule is Nc1cc[n+](Cc2c(Cl)cccc2Cl)cc1. The second-order valence-electron chi connectivity index (χ2n) is 3.50. The summed E-state index contributed by atoms with van der Waals surface area (Å²) in [7, 11) is 0. The third-order valence-electron chi connectivity index (χ3n) is 2.32. The molecule has 2 aromatic rings. The van der Waals surface area contributed by atoms with E-state index in [-0.39, 0.29) is 0 Å². The Morgan fingerprint density at radius 3 is 2.12 bits per heavy atom. The molecule has 1 aromatic heterocycles. The quantitative estimate of drug-likeness (QED) is 0.820. The molecule has 0 saturated heterocycles. The Kier molecular flexibility index (Phi) is 3.32. The summed E-state index contributed by atoms with van der Waals surface area (Å²) in [6.07, 6.45) is 3.80. The first-order valence-electron chi connectivity index (χ1n) is 4.84. The molecule has 1 heterocycles. The third kappa shape index (κ3) is 2.46. The van der Waals surface area contributed by atoms with E-state index in [1.807, 2.05) is 47.3 Å². The summed E-state index contributed by atoms with van der Waals surface area (Å²) in [4.78, 5) is 0. The molecule has 0 aliphatic carbocycles. The van der Waals surface area contributed by atoms with Crippen LogP contribution in [-0.4, -0.2) is 0 Å². The molecule has 0 radical (unpaired) electrons. The van der Waals surface area contributed by atoms with E-state index in [0.717, 1.165) is 11.3 Å². The van der Waals surface area contributed by atoms with Crippen LogP contribution in [0.5, 0.6) is 0 Å². The number of nitrogens with zero attached hydrogens (tertiary/aromatic N) is 1. The van der Waals surface area contributed by atoms with Gasteiger partial charge in [-0.3, -0.25) is 0 Å². The molecule has 16 heavy (non-hydrogen) atoms. The molecule has 0 saturated carbocycles. The first-order valence-corrected chi connectivity index (χ1v) is 5.60. The van der Waals surface area contributed by atoms with E-state index in [4.69, 9.17) is 28.9 Å². The van der Waals surface area contributed by atoms with E-state index in [1.54, 1.807) is 0 Å². The Labute approximate surface area is 104 Å². The number of nitrogen functional groups attached to an aromatic ring is 1. The van der Waals surface area contributed by atoms with Gasteiger partial charge in [0.2, 0.25) is 0 Å². The monoisotopic (exact) mass is 253 g/mol. The number of rotatable bonds is 2. The maximum Gasteiger partial charge on any atom is 0.176 e. The minimum atomic E-state index is 0.638. The van der Waals surface area contributed by atoms with E-state index < -0.39 is 0 Å². The zero-order valence-electron chi connectivity index (χ0n) is 8.53. The molecule has 82 valence electrons. The third-order valence-corrected chi connectivity index (χ3v) is 3.03. The van der Waals surface area contributed by atoms with Gasteiger partial charge in [0, 0.05) is 17.8 Å². The molecular weight excluding hydrogens is 243 g/mol. The number of benzene rings is 1. The first-order chi connectivity index (χ1) is 7.66. The molecule has 2 nitrogen and oxygen atoms in total. The molecule has 0 bridgehead atoms. The second-order valence-corrected chi connectivity index (χ2v) is 4.32. The summed E-state index contributed by atoms with van der Waals surface area (Å²) in [5.41, 5.74) is 7.27. The van der Waals surface area contributed by atoms with Gasteiger partial charge < -0.3 is 5.73 Å². The van der Waals surface area contributed by atoms with Crippen molar-refractivity contribution in [2.45, 2.75) is 6.54 Å². The lowest BCUT2D eigenvalue weighted by Gasteiger charge is -2.03. The fourth-order valence-electron chi connectivity index (χ4n) is 1.44. The van der Waals surface area contributed by atoms with Crippen LogP contribution in [0, 0.1) is 0 Å². The number of aromatic nitrogens is 1. The summed E-state index contributed by atoms with van der Waals surface area (Å²) in [5.74, 6) is 0. The van der Waals surface area contributed by atoms with Gasteiger partial charge >= 0.3 is 0 Å². The van der Waals surface area contributed by atoms with Gasteiger partial charge in [-0.1, -0.05) is 29.3 Å². The molecular formula is C12H11Cl2N2+. The minimum absolute atomic E-state index is 0.638. The number of pyridine rings is 1. The highest BCUT2D eigenvalue weighted by Gasteiger charge is 2.10. The highest BCUT2D eigenvalue weighted by molar-refractivity contribution is 6.35. The second kappa shape index (κ2) is 4.73. The van der Waals surface area contributed by atoms with Gasteiger partial charge in [0.25, 0.3) is 0 Å². The summed E-state index contributed by atoms with van der Waals surface area (Å²) >= 11 is 12.2. The smallest absolute Gasteiger partial charge is 0.176 e. The normalized spacial score (nSPS) is 10.4. The van der Waals surface area contributed by atoms with Crippen molar-refractivity contribution in [3.8, 4) is 0 Å². The Hall–Kier alpha value is -1.25. The Morgan fingerprint density at radius 2 is 1.56 bits per heavy atom. The lowest BCUT2D eigenvalue weighted by molar-refractivity contribution is -0.688. The van der Waals surface area contributed by atoms with Gasteiger partial charge in [-0.15, -0.1) is 0 Å². The first kappa shape index (κ1) is 11.2. The van der Waals surface area contributed by atoms with Crippen molar-refractivity contribution >= 4 is 28.9 Å². The molecule has 0 amide bonds. The van der Waals surface area contributed by atoms with Crippen molar-refractivity contribution in [3.05, 3.63) is 58.3 Å². The van der Waals surface area contributed by atoms with Crippen molar-refractivity contribution in [3.63, 3.8) is 0 Å². The van der Waals surface area contributed by atoms with Crippen molar-refractivity contribution in [1.29, 1.82) is 0 Å². The summed E-state index contributed by atoms with van der Waals surface area (Å²) in [6.45, 7) is 0.638. The Balaban J connectivity index is 2.30. The number of anilines is 1. The average Bonchev–Trinajstić information content (AvgIpc) is 2.26. The molecule has 0 unspecified atom stereocenters. The number of nitrogens with two attached hydrogens (primary N) is 1. The number of halogens is 2. The maximum absolute atomic E-state index is 6.09. The van der Waals surface area contributed by atoms with E-state index in [9.17, 15) is 0 Å². The molecule has 2 N–H and O–H groups in total. The number of hydrogen-bond donors (Lipinski definition) is 1. The van der Waals surface area contributed by atoms with Crippen LogP contribution in [-0.2, 0) is 6.54 Å². The highest BCUT2D eigenvalue weighted by Crippen LogP contribution is 2.23. The van der Waals surface area contributed by atoms with Gasteiger partial charge in [0.15, 0.2) is 18.9 Å². The molecule has 0 aliphatic heterocycles. The van der Waals surface area contributed by atoms with Gasteiger partial charge in [-0.25, -0.2) is 4.57 Å². The predicted octanol–water partition coefficient (Wildman–Crippen LogP) is 2.91. The molecule has 0 aliphatic rings. The molecule has 2 rings (SSSR count). The zero-order chi connectivity index (χ0) is 11.5. The van der Waals surface area contributed by atoms with Gasteiger partial charge in [0.05, 0.1) is 15.6 Å². The minimum Gasteiger partial charge on any atom is -0.398 e. The fourth-order valence-corrected chi connectivity index (χ4v) is 1.96. The van der Waals surface area contributed by atoms with Crippen LogP contribution >= 0.6 is 23.2 Å². The van der Waals surface area contributed by atoms with E-state index in [1.165, 1.54) is 0 Å². The standard InChI is InChI=1S/C12H10Cl2N2/c13-11-2-1-3-12(14)10(11)8-16-6-4-9(15)5-7-16/h1-7,15H,8H2/p+1. The highest BCUT2D eigenvalue weighted by atomic mass is 35.5. The van der Waals surface area contributed by atoms with Crippen molar-refractivity contribution in [2.75, 3.05) is 5.73 Å². The maximum atomic E-state index is 6.09. The summed E-state index contributed by atoms with van der Waals surface area (Å²) in [5, 5.41) is 1.36. The zero-order valence-corrected chi connectivity index (χ0v) is 10.0. The summed E-state index contributed by atoms with van der Waals surface area (Å²) < 4.78 is 1.98. The average molecular weight is 254 g/mol. The van der Waals surface area contributed by atoms with Crippen LogP contribution < -0.4 is 10.3 Å². The molecule has 1 aromatic carbocycles. The largest absolute Gasteiger partial charge is 0.398 e. The van der Waals surface area contributed by atoms with Gasteiger partial charge in [0.1, 0.15) is 0 Å². The van der Waals surface area contributed by atoms with Crippen LogP contribution in [0.4, 0.5) is 5.69 Å². The van der Waals surface area contributed by atoms with Crippen LogP contribution in [0.3, 0.4) is 0 Å². The van der Waals surface area contributed by atoms with Crippen molar-refractivity contribution in [1.82, 2.24) is 0 Å². The van der Waals surface area contributed by atoms with E-state index >= 15 is 0 Å². The molecule has 0 fully saturated rings. The van der Waals surface area contributed by atoms with Crippen LogP contribution in [0.1, 0.15) is 5.56 Å². The van der Waals surface area contributed by atoms with Crippen molar-refractivity contribution < 1.29 is 4.57 Å². The lowest BCUT2D eigenvalue weighted by atomic mass is 10.2. The van der Waals surface area contributed by atoms with Crippen LogP contribution in [0.2, 0.25) is 10.0 Å². The van der Waals surface area contributed by atoms with Crippen LogP contribution in [0.15, 0.2) is 42.7 Å². The number of hydrogen-bond acceptors (Lipinski definition) is 1. The van der Waals surface area contributed by atoms with Crippen LogP contribution in [0.25, 0.3) is 0 Å². The van der Waals surface area contributed by atoms with Gasteiger partial charge in [-0.2, -0.15) is 0 Å². The van der Waals surface area contributed by atoms with Gasteiger partial charge in [-0.05, 0) is 12.1 Å². The molecule has 0 atom stereocenters. The Bertz CT molecular complexity index is 475. The fraction of sp³-hybridized carbons (Fsp3) is 0.0833. The van der Waals surface area contributed by atoms with Crippen molar-refractivity contribution in [2.24, 2.45) is 0 Å². The summed E-state index contributed by atoms with van der Waals surface area (Å²) in [6, 6.07) is 9.18. The van der Waals surface area contributed by atoms with E-state index in [2.05, 4.69) is 0 Å². The topological polar surface area (TPSA) is 29.9 Å². The molecule has 0 spiro atoms.